The molecule has 2 amide bonds. The summed E-state index contributed by atoms with van der Waals surface area (Å²) in [6, 6.07) is 6.35. The third kappa shape index (κ3) is 4.54. The average molecular weight is 614 g/mol. The molecule has 5 fully saturated rings. The predicted molar refractivity (Wildman–Crippen MR) is 163 cm³/mol. The van der Waals surface area contributed by atoms with Gasteiger partial charge in [-0.15, -0.1) is 0 Å². The molecule has 2 aliphatic carbocycles. The molecule has 3 saturated heterocycles. The Morgan fingerprint density at radius 2 is 1.59 bits per heavy atom. The highest BCUT2D eigenvalue weighted by Crippen LogP contribution is 2.65. The highest BCUT2D eigenvalue weighted by molar-refractivity contribution is 6.62. The molecule has 1 atom stereocenters. The first-order valence-electron chi connectivity index (χ1n) is 16.3. The highest BCUT2D eigenvalue weighted by Gasteiger charge is 2.73. The topological polar surface area (TPSA) is 71.6 Å². The maximum atomic E-state index is 14.6. The molecule has 11 heteroatoms. The maximum Gasteiger partial charge on any atom is 0.494 e. The van der Waals surface area contributed by atoms with Crippen molar-refractivity contribution >= 4 is 30.3 Å². The standard InChI is InChI=1S/C33H46BF2N3O5/c1-28(2,3)42-27(41)37-14-11-32(12-15-37)24-9-8-21(34-43-29(4,5)30(6,7)44-34)16-25(24)39(26(32)40)23-17-22(18-23)38-13-10-31(20-38)19-33(31,35)36/h8-9,16,22-23H,10-15,17-20H2,1-7H3. The van der Waals surface area contributed by atoms with Crippen LogP contribution in [0.1, 0.15) is 92.6 Å². The predicted octanol–water partition coefficient (Wildman–Crippen LogP) is 4.86. The Kier molecular flexibility index (Phi) is 6.51. The summed E-state index contributed by atoms with van der Waals surface area (Å²) in [7, 11) is -0.553. The Bertz CT molecular complexity index is 1370. The minimum atomic E-state index is -2.53. The number of carbonyl (C=O) groups excluding carboxylic acids is 2. The summed E-state index contributed by atoms with van der Waals surface area (Å²) >= 11 is 0. The lowest BCUT2D eigenvalue weighted by molar-refractivity contribution is -0.126. The molecule has 8 nitrogen and oxygen atoms in total. The number of hydrogen-bond donors (Lipinski definition) is 0. The molecule has 7 rings (SSSR count). The van der Waals surface area contributed by atoms with Crippen LogP contribution in [0.3, 0.4) is 0 Å². The minimum Gasteiger partial charge on any atom is -0.444 e. The quantitative estimate of drug-likeness (QED) is 0.454. The summed E-state index contributed by atoms with van der Waals surface area (Å²) in [6.45, 7) is 15.7. The van der Waals surface area contributed by atoms with E-state index in [0.717, 1.165) is 29.6 Å². The van der Waals surface area contributed by atoms with Crippen LogP contribution >= 0.6 is 0 Å². The van der Waals surface area contributed by atoms with Crippen LogP contribution in [0.5, 0.6) is 0 Å². The molecule has 2 spiro atoms. The zero-order chi connectivity index (χ0) is 31.7. The van der Waals surface area contributed by atoms with Gasteiger partial charge in [0.15, 0.2) is 0 Å². The third-order valence-electron chi connectivity index (χ3n) is 11.8. The lowest BCUT2D eigenvalue weighted by Gasteiger charge is -2.46. The summed E-state index contributed by atoms with van der Waals surface area (Å²) < 4.78 is 46.5. The van der Waals surface area contributed by atoms with Gasteiger partial charge in [-0.2, -0.15) is 0 Å². The van der Waals surface area contributed by atoms with E-state index in [1.165, 1.54) is 0 Å². The van der Waals surface area contributed by atoms with E-state index in [1.807, 2.05) is 59.4 Å². The molecule has 0 aromatic heterocycles. The van der Waals surface area contributed by atoms with E-state index in [0.29, 0.717) is 45.4 Å². The third-order valence-corrected chi connectivity index (χ3v) is 11.8. The number of anilines is 1. The van der Waals surface area contributed by atoms with E-state index in [4.69, 9.17) is 14.0 Å². The van der Waals surface area contributed by atoms with Gasteiger partial charge in [-0.25, -0.2) is 13.6 Å². The molecule has 0 bridgehead atoms. The SMILES string of the molecule is CC(C)(C)OC(=O)N1CCC2(CC1)C(=O)N(C1CC(N3CCC4(C3)CC4(F)F)C1)c1cc(B3OC(C)(C)C(C)(C)O3)ccc12. The van der Waals surface area contributed by atoms with E-state index in [2.05, 4.69) is 17.0 Å². The second kappa shape index (κ2) is 9.41. The van der Waals surface area contributed by atoms with Crippen LogP contribution in [0.4, 0.5) is 19.3 Å². The van der Waals surface area contributed by atoms with E-state index in [1.54, 1.807) is 4.90 Å². The van der Waals surface area contributed by atoms with Crippen LogP contribution in [0.15, 0.2) is 18.2 Å². The average Bonchev–Trinajstić information content (AvgIpc) is 3.14. The second-order valence-corrected chi connectivity index (χ2v) is 16.3. The number of likely N-dealkylation sites (tertiary alicyclic amines) is 2. The number of hydrogen-bond acceptors (Lipinski definition) is 6. The van der Waals surface area contributed by atoms with Crippen molar-refractivity contribution in [3.8, 4) is 0 Å². The molecule has 2 saturated carbocycles. The molecular weight excluding hydrogens is 567 g/mol. The van der Waals surface area contributed by atoms with Crippen LogP contribution in [0, 0.1) is 5.41 Å². The van der Waals surface area contributed by atoms with Crippen molar-refractivity contribution in [1.82, 2.24) is 9.80 Å². The largest absolute Gasteiger partial charge is 0.494 e. The van der Waals surface area contributed by atoms with Crippen molar-refractivity contribution in [1.29, 1.82) is 0 Å². The molecule has 4 aliphatic heterocycles. The van der Waals surface area contributed by atoms with Gasteiger partial charge in [0.1, 0.15) is 5.60 Å². The van der Waals surface area contributed by atoms with Crippen molar-refractivity contribution in [3.63, 3.8) is 0 Å². The molecule has 6 aliphatic rings. The lowest BCUT2D eigenvalue weighted by atomic mass is 9.71. The van der Waals surface area contributed by atoms with Gasteiger partial charge in [-0.1, -0.05) is 12.1 Å². The Hall–Kier alpha value is -2.24. The van der Waals surface area contributed by atoms with Crippen LogP contribution in [0.2, 0.25) is 0 Å². The number of carbonyl (C=O) groups is 2. The van der Waals surface area contributed by atoms with Crippen molar-refractivity contribution in [2.75, 3.05) is 31.1 Å². The van der Waals surface area contributed by atoms with Gasteiger partial charge in [0.2, 0.25) is 5.91 Å². The van der Waals surface area contributed by atoms with Crippen molar-refractivity contribution in [2.24, 2.45) is 5.41 Å². The van der Waals surface area contributed by atoms with Gasteiger partial charge in [0.05, 0.1) is 22.0 Å². The van der Waals surface area contributed by atoms with Crippen LogP contribution in [0.25, 0.3) is 0 Å². The maximum absolute atomic E-state index is 14.6. The number of rotatable bonds is 3. The second-order valence-electron chi connectivity index (χ2n) is 16.3. The number of piperidine rings is 1. The summed E-state index contributed by atoms with van der Waals surface area (Å²) in [5.74, 6) is -2.45. The fourth-order valence-electron chi connectivity index (χ4n) is 8.08. The zero-order valence-electron chi connectivity index (χ0n) is 27.2. The molecule has 1 aromatic carbocycles. The molecule has 1 aromatic rings. The minimum absolute atomic E-state index is 0.000629. The summed E-state index contributed by atoms with van der Waals surface area (Å²) in [4.78, 5) is 33.3. The number of alkyl halides is 2. The smallest absolute Gasteiger partial charge is 0.444 e. The molecular formula is C33H46BF2N3O5. The fraction of sp³-hybridized carbons (Fsp3) is 0.758. The number of amides is 2. The lowest BCUT2D eigenvalue weighted by Crippen LogP contribution is -2.58. The number of halogens is 2. The van der Waals surface area contributed by atoms with Gasteiger partial charge in [-0.05, 0) is 104 Å². The fourth-order valence-corrected chi connectivity index (χ4v) is 8.08. The Morgan fingerprint density at radius 3 is 2.14 bits per heavy atom. The normalized spacial score (nSPS) is 33.2. The van der Waals surface area contributed by atoms with Gasteiger partial charge < -0.3 is 23.8 Å². The number of fused-ring (bicyclic) bond motifs is 2. The Morgan fingerprint density at radius 1 is 0.977 bits per heavy atom. The van der Waals surface area contributed by atoms with Crippen LogP contribution < -0.4 is 10.4 Å². The zero-order valence-corrected chi connectivity index (χ0v) is 27.2. The summed E-state index contributed by atoms with van der Waals surface area (Å²) in [6.07, 6.45) is 2.80. The molecule has 240 valence electrons. The number of ether oxygens (including phenoxy) is 1. The first-order chi connectivity index (χ1) is 20.4. The van der Waals surface area contributed by atoms with Crippen molar-refractivity contribution in [2.45, 2.75) is 127 Å². The van der Waals surface area contributed by atoms with Crippen LogP contribution in [-0.2, 0) is 24.3 Å². The molecule has 1 unspecified atom stereocenters. The van der Waals surface area contributed by atoms with Gasteiger partial charge in [0.25, 0.3) is 5.92 Å². The van der Waals surface area contributed by atoms with E-state index >= 15 is 0 Å². The molecule has 4 heterocycles. The van der Waals surface area contributed by atoms with Gasteiger partial charge >= 0.3 is 13.2 Å². The molecule has 0 N–H and O–H groups in total. The van der Waals surface area contributed by atoms with Gasteiger partial charge in [-0.3, -0.25) is 9.69 Å². The van der Waals surface area contributed by atoms with E-state index < -0.39 is 40.7 Å². The molecule has 0 radical (unpaired) electrons. The number of nitrogens with zero attached hydrogens (tertiary/aromatic N) is 3. The Labute approximate surface area is 259 Å². The Balaban J connectivity index is 1.14. The first kappa shape index (κ1) is 30.4. The summed E-state index contributed by atoms with van der Waals surface area (Å²) in [5.41, 5.74) is -0.358. The van der Waals surface area contributed by atoms with Crippen molar-refractivity contribution < 1.29 is 32.4 Å². The summed E-state index contributed by atoms with van der Waals surface area (Å²) in [5, 5.41) is 0. The number of benzene rings is 1. The van der Waals surface area contributed by atoms with Crippen LogP contribution in [-0.4, -0.2) is 89.9 Å². The molecule has 44 heavy (non-hydrogen) atoms. The highest BCUT2D eigenvalue weighted by atomic mass is 19.3. The monoisotopic (exact) mass is 613 g/mol. The van der Waals surface area contributed by atoms with Gasteiger partial charge in [0, 0.05) is 43.8 Å². The van der Waals surface area contributed by atoms with E-state index in [-0.39, 0.29) is 30.5 Å². The van der Waals surface area contributed by atoms with Crippen molar-refractivity contribution in [3.05, 3.63) is 23.8 Å². The van der Waals surface area contributed by atoms with E-state index in [9.17, 15) is 18.4 Å². The first-order valence-corrected chi connectivity index (χ1v) is 16.3.